The van der Waals surface area contributed by atoms with Gasteiger partial charge in [-0.2, -0.15) is 0 Å². The van der Waals surface area contributed by atoms with Crippen LogP contribution in [0, 0.1) is 6.92 Å². The van der Waals surface area contributed by atoms with E-state index in [-0.39, 0.29) is 0 Å². The molecule has 0 fully saturated rings. The molecule has 3 aromatic rings. The molecule has 1 unspecified atom stereocenters. The van der Waals surface area contributed by atoms with E-state index >= 15 is 0 Å². The standard InChI is InChI=1S/C19H19NO3/c1-3-22-19(21)16-12-8-7-11-15(16)17-13(2)23-18(20-17)14-9-5-4-6-10-14/h4-12,19,21H,3H2,1-2H3. The lowest BCUT2D eigenvalue weighted by Crippen LogP contribution is -2.04. The first-order chi connectivity index (χ1) is 11.2. The van der Waals surface area contributed by atoms with Gasteiger partial charge in [-0.05, 0) is 26.0 Å². The molecule has 0 aliphatic carbocycles. The summed E-state index contributed by atoms with van der Waals surface area (Å²) in [6.07, 6.45) is -0.979. The van der Waals surface area contributed by atoms with E-state index in [4.69, 9.17) is 9.15 Å². The first-order valence-corrected chi connectivity index (χ1v) is 7.62. The number of nitrogens with zero attached hydrogens (tertiary/aromatic N) is 1. The van der Waals surface area contributed by atoms with Crippen molar-refractivity contribution < 1.29 is 14.3 Å². The van der Waals surface area contributed by atoms with Gasteiger partial charge in [0.2, 0.25) is 5.89 Å². The molecular formula is C19H19NO3. The molecule has 0 radical (unpaired) electrons. The van der Waals surface area contributed by atoms with Crippen molar-refractivity contribution in [2.75, 3.05) is 6.61 Å². The minimum absolute atomic E-state index is 0.433. The summed E-state index contributed by atoms with van der Waals surface area (Å²) in [7, 11) is 0. The van der Waals surface area contributed by atoms with E-state index in [1.54, 1.807) is 0 Å². The molecule has 0 amide bonds. The maximum absolute atomic E-state index is 10.2. The van der Waals surface area contributed by atoms with Crippen LogP contribution in [0.25, 0.3) is 22.7 Å². The Hall–Kier alpha value is -2.43. The van der Waals surface area contributed by atoms with Crippen molar-refractivity contribution in [3.63, 3.8) is 0 Å². The van der Waals surface area contributed by atoms with Crippen molar-refractivity contribution >= 4 is 0 Å². The average Bonchev–Trinajstić information content (AvgIpc) is 2.97. The Morgan fingerprint density at radius 3 is 2.52 bits per heavy atom. The Labute approximate surface area is 135 Å². The summed E-state index contributed by atoms with van der Waals surface area (Å²) in [5.41, 5.74) is 3.14. The van der Waals surface area contributed by atoms with Crippen molar-refractivity contribution in [3.05, 3.63) is 65.9 Å². The lowest BCUT2D eigenvalue weighted by atomic mass is 10.0. The molecule has 4 nitrogen and oxygen atoms in total. The number of hydrogen-bond acceptors (Lipinski definition) is 4. The quantitative estimate of drug-likeness (QED) is 0.712. The number of aliphatic hydroxyl groups is 1. The van der Waals surface area contributed by atoms with Crippen LogP contribution in [0.4, 0.5) is 0 Å². The number of ether oxygens (including phenoxy) is 1. The fourth-order valence-corrected chi connectivity index (χ4v) is 2.53. The van der Waals surface area contributed by atoms with Crippen molar-refractivity contribution in [2.45, 2.75) is 20.1 Å². The number of aliphatic hydroxyl groups excluding tert-OH is 1. The minimum atomic E-state index is -0.979. The van der Waals surface area contributed by atoms with Gasteiger partial charge in [0.15, 0.2) is 6.29 Å². The van der Waals surface area contributed by atoms with Gasteiger partial charge in [-0.1, -0.05) is 42.5 Å². The van der Waals surface area contributed by atoms with Gasteiger partial charge in [0.05, 0.1) is 0 Å². The van der Waals surface area contributed by atoms with Crippen LogP contribution in [-0.2, 0) is 4.74 Å². The third-order valence-corrected chi connectivity index (χ3v) is 3.62. The number of aryl methyl sites for hydroxylation is 1. The highest BCUT2D eigenvalue weighted by Crippen LogP contribution is 2.33. The molecule has 0 bridgehead atoms. The van der Waals surface area contributed by atoms with E-state index < -0.39 is 6.29 Å². The third kappa shape index (κ3) is 3.18. The van der Waals surface area contributed by atoms with Crippen LogP contribution >= 0.6 is 0 Å². The second kappa shape index (κ2) is 6.77. The molecule has 3 rings (SSSR count). The van der Waals surface area contributed by atoms with Gasteiger partial charge in [-0.25, -0.2) is 4.98 Å². The number of hydrogen-bond donors (Lipinski definition) is 1. The van der Waals surface area contributed by atoms with Crippen LogP contribution in [0.15, 0.2) is 59.0 Å². The summed E-state index contributed by atoms with van der Waals surface area (Å²) >= 11 is 0. The largest absolute Gasteiger partial charge is 0.441 e. The van der Waals surface area contributed by atoms with Crippen LogP contribution < -0.4 is 0 Å². The second-order valence-corrected chi connectivity index (χ2v) is 5.18. The predicted molar refractivity (Wildman–Crippen MR) is 88.7 cm³/mol. The molecule has 23 heavy (non-hydrogen) atoms. The maximum Gasteiger partial charge on any atom is 0.226 e. The molecule has 0 spiro atoms. The van der Waals surface area contributed by atoms with Gasteiger partial charge in [-0.3, -0.25) is 0 Å². The maximum atomic E-state index is 10.2. The summed E-state index contributed by atoms with van der Waals surface area (Å²) in [5, 5.41) is 10.2. The Morgan fingerprint density at radius 1 is 1.09 bits per heavy atom. The fraction of sp³-hybridized carbons (Fsp3) is 0.211. The van der Waals surface area contributed by atoms with Gasteiger partial charge in [0.1, 0.15) is 11.5 Å². The summed E-state index contributed by atoms with van der Waals surface area (Å²) in [6.45, 7) is 4.15. The number of rotatable bonds is 5. The summed E-state index contributed by atoms with van der Waals surface area (Å²) in [5.74, 6) is 1.28. The Kier molecular flexibility index (Phi) is 4.55. The highest BCUT2D eigenvalue weighted by Gasteiger charge is 2.19. The van der Waals surface area contributed by atoms with Gasteiger partial charge in [0, 0.05) is 23.3 Å². The van der Waals surface area contributed by atoms with Crippen LogP contribution in [0.3, 0.4) is 0 Å². The van der Waals surface area contributed by atoms with E-state index in [1.165, 1.54) is 0 Å². The van der Waals surface area contributed by atoms with Crippen LogP contribution in [-0.4, -0.2) is 16.7 Å². The predicted octanol–water partition coefficient (Wildman–Crippen LogP) is 4.34. The summed E-state index contributed by atoms with van der Waals surface area (Å²) < 4.78 is 11.1. The van der Waals surface area contributed by atoms with Crippen LogP contribution in [0.5, 0.6) is 0 Å². The first kappa shape index (κ1) is 15.5. The van der Waals surface area contributed by atoms with E-state index in [2.05, 4.69) is 4.98 Å². The lowest BCUT2D eigenvalue weighted by molar-refractivity contribution is -0.0976. The molecule has 118 valence electrons. The number of benzene rings is 2. The van der Waals surface area contributed by atoms with Crippen molar-refractivity contribution in [2.24, 2.45) is 0 Å². The molecule has 0 aliphatic rings. The Bertz CT molecular complexity index is 780. The van der Waals surface area contributed by atoms with E-state index in [9.17, 15) is 5.11 Å². The Balaban J connectivity index is 2.05. The third-order valence-electron chi connectivity index (χ3n) is 3.62. The van der Waals surface area contributed by atoms with Gasteiger partial charge in [0.25, 0.3) is 0 Å². The molecule has 0 saturated carbocycles. The van der Waals surface area contributed by atoms with Crippen molar-refractivity contribution in [3.8, 4) is 22.7 Å². The molecule has 1 aromatic heterocycles. The molecular weight excluding hydrogens is 290 g/mol. The smallest absolute Gasteiger partial charge is 0.226 e. The summed E-state index contributed by atoms with van der Waals surface area (Å²) in [6, 6.07) is 17.3. The van der Waals surface area contributed by atoms with Crippen LogP contribution in [0.1, 0.15) is 24.5 Å². The number of oxazole rings is 1. The Morgan fingerprint density at radius 2 is 1.78 bits per heavy atom. The van der Waals surface area contributed by atoms with Gasteiger partial charge in [-0.15, -0.1) is 0 Å². The first-order valence-electron chi connectivity index (χ1n) is 7.62. The molecule has 0 saturated heterocycles. The van der Waals surface area contributed by atoms with Crippen molar-refractivity contribution in [1.29, 1.82) is 0 Å². The number of aromatic nitrogens is 1. The van der Waals surface area contributed by atoms with E-state index in [0.717, 1.165) is 16.8 Å². The fourth-order valence-electron chi connectivity index (χ4n) is 2.53. The normalized spacial score (nSPS) is 12.3. The molecule has 2 aromatic carbocycles. The highest BCUT2D eigenvalue weighted by atomic mass is 16.6. The van der Waals surface area contributed by atoms with Gasteiger partial charge < -0.3 is 14.3 Å². The zero-order valence-corrected chi connectivity index (χ0v) is 13.2. The zero-order chi connectivity index (χ0) is 16.2. The monoisotopic (exact) mass is 309 g/mol. The molecule has 0 aliphatic heterocycles. The van der Waals surface area contributed by atoms with E-state index in [1.807, 2.05) is 68.4 Å². The van der Waals surface area contributed by atoms with E-state index in [0.29, 0.717) is 23.8 Å². The zero-order valence-electron chi connectivity index (χ0n) is 13.2. The molecule has 4 heteroatoms. The lowest BCUT2D eigenvalue weighted by Gasteiger charge is -2.14. The van der Waals surface area contributed by atoms with Crippen molar-refractivity contribution in [1.82, 2.24) is 4.98 Å². The topological polar surface area (TPSA) is 55.5 Å². The average molecular weight is 309 g/mol. The molecule has 1 atom stereocenters. The molecule has 1 N–H and O–H groups in total. The molecule has 1 heterocycles. The minimum Gasteiger partial charge on any atom is -0.441 e. The van der Waals surface area contributed by atoms with Crippen LogP contribution in [0.2, 0.25) is 0 Å². The highest BCUT2D eigenvalue weighted by molar-refractivity contribution is 5.68. The van der Waals surface area contributed by atoms with Gasteiger partial charge >= 0.3 is 0 Å². The second-order valence-electron chi connectivity index (χ2n) is 5.18. The SMILES string of the molecule is CCOC(O)c1ccccc1-c1nc(-c2ccccc2)oc1C. The summed E-state index contributed by atoms with van der Waals surface area (Å²) in [4.78, 5) is 4.62.